The van der Waals surface area contributed by atoms with Gasteiger partial charge < -0.3 is 19.9 Å². The van der Waals surface area contributed by atoms with Crippen LogP contribution in [0.1, 0.15) is 10.4 Å². The summed E-state index contributed by atoms with van der Waals surface area (Å²) < 4.78 is 5.98. The molecular formula is C15H15BrN4O3. The van der Waals surface area contributed by atoms with Crippen molar-refractivity contribution in [1.29, 1.82) is 0 Å². The standard InChI is InChI=1S/C15H15BrN4O3/c16-11-7-12(14(21)18-9-11)19-13-2-1-10(8-17-13)15(22)20-3-5-23-6-4-20/h1-2,7-9H,3-6H2,(H,17,19)(H,18,21). The Morgan fingerprint density at radius 3 is 2.83 bits per heavy atom. The molecule has 0 spiro atoms. The predicted molar refractivity (Wildman–Crippen MR) is 89.0 cm³/mol. The second-order valence-corrected chi connectivity index (χ2v) is 5.94. The molecule has 1 aliphatic heterocycles. The van der Waals surface area contributed by atoms with Crippen LogP contribution in [0, 0.1) is 0 Å². The Balaban J connectivity index is 1.73. The second-order valence-electron chi connectivity index (χ2n) is 5.02. The summed E-state index contributed by atoms with van der Waals surface area (Å²) >= 11 is 3.29. The maximum atomic E-state index is 12.3. The van der Waals surface area contributed by atoms with Gasteiger partial charge in [-0.25, -0.2) is 4.98 Å². The zero-order valence-electron chi connectivity index (χ0n) is 12.2. The number of carbonyl (C=O) groups excluding carboxylic acids is 1. The number of hydrogen-bond acceptors (Lipinski definition) is 5. The van der Waals surface area contributed by atoms with Crippen molar-refractivity contribution in [2.45, 2.75) is 0 Å². The number of nitrogens with one attached hydrogen (secondary N) is 2. The van der Waals surface area contributed by atoms with E-state index in [2.05, 4.69) is 31.2 Å². The van der Waals surface area contributed by atoms with E-state index in [0.717, 1.165) is 4.47 Å². The number of amides is 1. The van der Waals surface area contributed by atoms with E-state index in [0.29, 0.717) is 43.4 Å². The highest BCUT2D eigenvalue weighted by Gasteiger charge is 2.18. The van der Waals surface area contributed by atoms with Crippen molar-refractivity contribution in [3.05, 3.63) is 51.0 Å². The summed E-state index contributed by atoms with van der Waals surface area (Å²) in [4.78, 5) is 32.6. The first-order valence-electron chi connectivity index (χ1n) is 7.12. The number of hydrogen-bond donors (Lipinski definition) is 2. The minimum Gasteiger partial charge on any atom is -0.378 e. The van der Waals surface area contributed by atoms with Crippen LogP contribution in [0.4, 0.5) is 11.5 Å². The monoisotopic (exact) mass is 378 g/mol. The van der Waals surface area contributed by atoms with Crippen molar-refractivity contribution in [2.24, 2.45) is 0 Å². The first kappa shape index (κ1) is 15.7. The van der Waals surface area contributed by atoms with Crippen molar-refractivity contribution in [3.63, 3.8) is 0 Å². The summed E-state index contributed by atoms with van der Waals surface area (Å²) in [7, 11) is 0. The molecule has 0 atom stereocenters. The van der Waals surface area contributed by atoms with E-state index in [1.54, 1.807) is 29.3 Å². The van der Waals surface area contributed by atoms with E-state index >= 15 is 0 Å². The molecule has 0 aromatic carbocycles. The molecule has 7 nitrogen and oxygen atoms in total. The van der Waals surface area contributed by atoms with Crippen molar-refractivity contribution >= 4 is 33.3 Å². The van der Waals surface area contributed by atoms with Crippen LogP contribution in [0.2, 0.25) is 0 Å². The lowest BCUT2D eigenvalue weighted by Crippen LogP contribution is -2.40. The molecule has 0 saturated carbocycles. The minimum absolute atomic E-state index is 0.0624. The fourth-order valence-electron chi connectivity index (χ4n) is 2.23. The van der Waals surface area contributed by atoms with Gasteiger partial charge in [-0.2, -0.15) is 0 Å². The van der Waals surface area contributed by atoms with Crippen LogP contribution in [-0.2, 0) is 4.74 Å². The maximum Gasteiger partial charge on any atom is 0.271 e. The fraction of sp³-hybridized carbons (Fsp3) is 0.267. The lowest BCUT2D eigenvalue weighted by atomic mass is 10.2. The number of pyridine rings is 2. The molecule has 8 heteroatoms. The van der Waals surface area contributed by atoms with Crippen LogP contribution >= 0.6 is 15.9 Å². The van der Waals surface area contributed by atoms with Gasteiger partial charge >= 0.3 is 0 Å². The molecule has 0 bridgehead atoms. The summed E-state index contributed by atoms with van der Waals surface area (Å²) in [6.45, 7) is 2.30. The Labute approximate surface area is 140 Å². The maximum absolute atomic E-state index is 12.3. The Bertz CT molecular complexity index is 754. The zero-order chi connectivity index (χ0) is 16.2. The Kier molecular flexibility index (Phi) is 4.73. The SMILES string of the molecule is O=C(c1ccc(Nc2cc(Br)c[nH]c2=O)nc1)N1CCOCC1. The highest BCUT2D eigenvalue weighted by Crippen LogP contribution is 2.15. The summed E-state index contributed by atoms with van der Waals surface area (Å²) in [6, 6.07) is 5.03. The molecule has 3 rings (SSSR count). The van der Waals surface area contributed by atoms with Crippen molar-refractivity contribution < 1.29 is 9.53 Å². The van der Waals surface area contributed by atoms with E-state index < -0.39 is 0 Å². The molecule has 23 heavy (non-hydrogen) atoms. The topological polar surface area (TPSA) is 87.3 Å². The number of morpholine rings is 1. The van der Waals surface area contributed by atoms with Gasteiger partial charge in [-0.15, -0.1) is 0 Å². The van der Waals surface area contributed by atoms with E-state index in [1.165, 1.54) is 6.20 Å². The quantitative estimate of drug-likeness (QED) is 0.849. The molecule has 1 aliphatic rings. The van der Waals surface area contributed by atoms with Crippen molar-refractivity contribution in [1.82, 2.24) is 14.9 Å². The summed E-state index contributed by atoms with van der Waals surface area (Å²) in [6.07, 6.45) is 3.07. The molecular weight excluding hydrogens is 364 g/mol. The number of halogens is 1. The van der Waals surface area contributed by atoms with E-state index in [4.69, 9.17) is 4.74 Å². The number of aromatic nitrogens is 2. The normalized spacial score (nSPS) is 14.6. The van der Waals surface area contributed by atoms with Crippen molar-refractivity contribution in [3.8, 4) is 0 Å². The minimum atomic E-state index is -0.247. The van der Waals surface area contributed by atoms with Crippen LogP contribution in [0.5, 0.6) is 0 Å². The Hall–Kier alpha value is -2.19. The average Bonchev–Trinajstić information content (AvgIpc) is 2.59. The smallest absolute Gasteiger partial charge is 0.271 e. The van der Waals surface area contributed by atoms with Gasteiger partial charge in [-0.3, -0.25) is 9.59 Å². The van der Waals surface area contributed by atoms with E-state index in [9.17, 15) is 9.59 Å². The molecule has 1 amide bonds. The summed E-state index contributed by atoms with van der Waals surface area (Å²) in [5.74, 6) is 0.430. The molecule has 2 aromatic heterocycles. The third-order valence-electron chi connectivity index (χ3n) is 3.44. The van der Waals surface area contributed by atoms with Crippen LogP contribution < -0.4 is 10.9 Å². The molecule has 2 aromatic rings. The highest BCUT2D eigenvalue weighted by molar-refractivity contribution is 9.10. The van der Waals surface area contributed by atoms with Gasteiger partial charge in [0, 0.05) is 30.0 Å². The molecule has 1 saturated heterocycles. The number of carbonyl (C=O) groups is 1. The number of ether oxygens (including phenoxy) is 1. The summed E-state index contributed by atoms with van der Waals surface area (Å²) in [5, 5.41) is 2.93. The van der Waals surface area contributed by atoms with Gasteiger partial charge in [0.15, 0.2) is 0 Å². The van der Waals surface area contributed by atoms with Gasteiger partial charge in [-0.05, 0) is 34.1 Å². The summed E-state index contributed by atoms with van der Waals surface area (Å²) in [5.41, 5.74) is 0.642. The zero-order valence-corrected chi connectivity index (χ0v) is 13.8. The number of aromatic amines is 1. The molecule has 120 valence electrons. The average molecular weight is 379 g/mol. The number of anilines is 2. The van der Waals surface area contributed by atoms with Gasteiger partial charge in [0.1, 0.15) is 11.5 Å². The van der Waals surface area contributed by atoms with E-state index in [-0.39, 0.29) is 11.5 Å². The Morgan fingerprint density at radius 1 is 1.35 bits per heavy atom. The van der Waals surface area contributed by atoms with Crippen LogP contribution in [0.25, 0.3) is 0 Å². The Morgan fingerprint density at radius 2 is 2.13 bits per heavy atom. The number of H-pyrrole nitrogens is 1. The highest BCUT2D eigenvalue weighted by atomic mass is 79.9. The number of rotatable bonds is 3. The van der Waals surface area contributed by atoms with Gasteiger partial charge in [-0.1, -0.05) is 0 Å². The molecule has 2 N–H and O–H groups in total. The van der Waals surface area contributed by atoms with E-state index in [1.807, 2.05) is 0 Å². The van der Waals surface area contributed by atoms with Crippen LogP contribution in [0.15, 0.2) is 39.9 Å². The van der Waals surface area contributed by atoms with Gasteiger partial charge in [0.05, 0.1) is 18.8 Å². The molecule has 0 unspecified atom stereocenters. The lowest BCUT2D eigenvalue weighted by molar-refractivity contribution is 0.0302. The first-order chi connectivity index (χ1) is 11.1. The van der Waals surface area contributed by atoms with Crippen LogP contribution in [0.3, 0.4) is 0 Å². The lowest BCUT2D eigenvalue weighted by Gasteiger charge is -2.26. The predicted octanol–water partition coefficient (Wildman–Crippen LogP) is 1.75. The number of nitrogens with zero attached hydrogens (tertiary/aromatic N) is 2. The second kappa shape index (κ2) is 6.93. The third-order valence-corrected chi connectivity index (χ3v) is 3.90. The van der Waals surface area contributed by atoms with Gasteiger partial charge in [0.25, 0.3) is 11.5 Å². The third kappa shape index (κ3) is 3.77. The molecule has 3 heterocycles. The van der Waals surface area contributed by atoms with Crippen molar-refractivity contribution in [2.75, 3.05) is 31.6 Å². The molecule has 1 fully saturated rings. The van der Waals surface area contributed by atoms with Gasteiger partial charge in [0.2, 0.25) is 0 Å². The molecule has 0 aliphatic carbocycles. The van der Waals surface area contributed by atoms with Crippen LogP contribution in [-0.4, -0.2) is 47.1 Å². The molecule has 0 radical (unpaired) electrons. The largest absolute Gasteiger partial charge is 0.378 e. The first-order valence-corrected chi connectivity index (χ1v) is 7.91. The fourth-order valence-corrected chi connectivity index (χ4v) is 2.57.